The molecule has 0 saturated heterocycles. The zero-order valence-corrected chi connectivity index (χ0v) is 15.8. The number of esters is 1. The Morgan fingerprint density at radius 3 is 2.36 bits per heavy atom. The molecule has 0 fully saturated rings. The van der Waals surface area contributed by atoms with Crippen molar-refractivity contribution in [2.24, 2.45) is 0 Å². The molecular formula is C22H22N2O4. The second-order valence-electron chi connectivity index (χ2n) is 6.40. The summed E-state index contributed by atoms with van der Waals surface area (Å²) in [5.41, 5.74) is 2.32. The van der Waals surface area contributed by atoms with Gasteiger partial charge in [-0.05, 0) is 24.6 Å². The first-order chi connectivity index (χ1) is 13.6. The van der Waals surface area contributed by atoms with Crippen molar-refractivity contribution in [3.8, 4) is 11.5 Å². The van der Waals surface area contributed by atoms with Gasteiger partial charge in [-0.25, -0.2) is 9.78 Å². The highest BCUT2D eigenvalue weighted by Gasteiger charge is 2.23. The highest BCUT2D eigenvalue weighted by atomic mass is 16.5. The largest absolute Gasteiger partial charge is 0.467 e. The van der Waals surface area contributed by atoms with E-state index < -0.39 is 12.0 Å². The van der Waals surface area contributed by atoms with E-state index in [4.69, 9.17) is 9.15 Å². The third-order valence-corrected chi connectivity index (χ3v) is 4.34. The Morgan fingerprint density at radius 2 is 1.71 bits per heavy atom. The van der Waals surface area contributed by atoms with Crippen molar-refractivity contribution in [1.29, 1.82) is 0 Å². The van der Waals surface area contributed by atoms with Crippen LogP contribution in [0, 0.1) is 6.92 Å². The summed E-state index contributed by atoms with van der Waals surface area (Å²) in [7, 11) is 1.31. The fraction of sp³-hybridized carbons (Fsp3) is 0.227. The van der Waals surface area contributed by atoms with Gasteiger partial charge in [0.1, 0.15) is 11.8 Å². The van der Waals surface area contributed by atoms with Gasteiger partial charge < -0.3 is 14.5 Å². The topological polar surface area (TPSA) is 81.4 Å². The van der Waals surface area contributed by atoms with Crippen molar-refractivity contribution in [2.45, 2.75) is 25.8 Å². The number of rotatable bonds is 7. The molecular weight excluding hydrogens is 356 g/mol. The van der Waals surface area contributed by atoms with Crippen molar-refractivity contribution < 1.29 is 18.7 Å². The number of benzene rings is 2. The van der Waals surface area contributed by atoms with Crippen LogP contribution in [0.15, 0.2) is 65.1 Å². The molecule has 2 aromatic carbocycles. The van der Waals surface area contributed by atoms with Crippen LogP contribution in [0.25, 0.3) is 11.5 Å². The first-order valence-electron chi connectivity index (χ1n) is 8.99. The van der Waals surface area contributed by atoms with Gasteiger partial charge in [0.15, 0.2) is 0 Å². The summed E-state index contributed by atoms with van der Waals surface area (Å²) in [4.78, 5) is 29.1. The van der Waals surface area contributed by atoms with Crippen LogP contribution in [0.3, 0.4) is 0 Å². The van der Waals surface area contributed by atoms with Crippen LogP contribution in [0.4, 0.5) is 0 Å². The fourth-order valence-corrected chi connectivity index (χ4v) is 2.88. The van der Waals surface area contributed by atoms with Crippen LogP contribution >= 0.6 is 0 Å². The number of carbonyl (C=O) groups excluding carboxylic acids is 2. The molecule has 3 rings (SSSR count). The van der Waals surface area contributed by atoms with E-state index in [1.165, 1.54) is 7.11 Å². The van der Waals surface area contributed by atoms with Gasteiger partial charge in [0, 0.05) is 12.0 Å². The molecule has 0 unspecified atom stereocenters. The summed E-state index contributed by atoms with van der Waals surface area (Å²) < 4.78 is 10.5. The van der Waals surface area contributed by atoms with E-state index >= 15 is 0 Å². The molecule has 1 atom stereocenters. The van der Waals surface area contributed by atoms with Crippen molar-refractivity contribution in [2.75, 3.05) is 7.11 Å². The lowest BCUT2D eigenvalue weighted by Gasteiger charge is -2.16. The Balaban J connectivity index is 1.69. The van der Waals surface area contributed by atoms with Crippen LogP contribution in [-0.2, 0) is 27.2 Å². The molecule has 6 nitrogen and oxygen atoms in total. The quantitative estimate of drug-likeness (QED) is 0.639. The van der Waals surface area contributed by atoms with Crippen LogP contribution < -0.4 is 5.32 Å². The molecule has 1 heterocycles. The minimum atomic E-state index is -0.763. The lowest BCUT2D eigenvalue weighted by molar-refractivity contribution is -0.145. The highest BCUT2D eigenvalue weighted by Crippen LogP contribution is 2.21. The van der Waals surface area contributed by atoms with Gasteiger partial charge >= 0.3 is 5.97 Å². The summed E-state index contributed by atoms with van der Waals surface area (Å²) in [6.07, 6.45) is 0.372. The number of ether oxygens (including phenoxy) is 1. The molecule has 28 heavy (non-hydrogen) atoms. The third kappa shape index (κ3) is 4.85. The molecule has 0 spiro atoms. The number of hydrogen-bond donors (Lipinski definition) is 1. The van der Waals surface area contributed by atoms with E-state index in [9.17, 15) is 9.59 Å². The number of hydrogen-bond acceptors (Lipinski definition) is 5. The Morgan fingerprint density at radius 1 is 1.07 bits per heavy atom. The second kappa shape index (κ2) is 8.99. The van der Waals surface area contributed by atoms with Crippen LogP contribution in [-0.4, -0.2) is 30.0 Å². The standard InChI is InChI=1S/C22H22N2O4/c1-15-18(24-21(28-15)17-11-7-4-8-12-17)14-20(25)23-19(22(26)27-2)13-16-9-5-3-6-10-16/h3-12,19H,13-14H2,1-2H3,(H,23,25)/t19-/m0/s1. The van der Waals surface area contributed by atoms with Gasteiger partial charge in [0.05, 0.1) is 19.2 Å². The molecule has 0 radical (unpaired) electrons. The van der Waals surface area contributed by atoms with Crippen LogP contribution in [0.5, 0.6) is 0 Å². The zero-order chi connectivity index (χ0) is 19.9. The van der Waals surface area contributed by atoms with Gasteiger partial charge in [-0.2, -0.15) is 0 Å². The van der Waals surface area contributed by atoms with Crippen LogP contribution in [0.2, 0.25) is 0 Å². The van der Waals surface area contributed by atoms with Gasteiger partial charge in [-0.3, -0.25) is 4.79 Å². The number of aryl methyl sites for hydroxylation is 1. The SMILES string of the molecule is COC(=O)[C@H](Cc1ccccc1)NC(=O)Cc1nc(-c2ccccc2)oc1C. The first kappa shape index (κ1) is 19.4. The van der Waals surface area contributed by atoms with Crippen molar-refractivity contribution in [3.05, 3.63) is 77.7 Å². The number of nitrogens with one attached hydrogen (secondary N) is 1. The normalized spacial score (nSPS) is 11.6. The predicted molar refractivity (Wildman–Crippen MR) is 104 cm³/mol. The van der Waals surface area contributed by atoms with Crippen molar-refractivity contribution in [3.63, 3.8) is 0 Å². The van der Waals surface area contributed by atoms with Gasteiger partial charge in [0.2, 0.25) is 11.8 Å². The number of aromatic nitrogens is 1. The Hall–Kier alpha value is -3.41. The number of nitrogens with zero attached hydrogens (tertiary/aromatic N) is 1. The summed E-state index contributed by atoms with van der Waals surface area (Å²) in [6, 6.07) is 18.2. The van der Waals surface area contributed by atoms with E-state index in [0.717, 1.165) is 11.1 Å². The summed E-state index contributed by atoms with van der Waals surface area (Å²) in [6.45, 7) is 1.77. The summed E-state index contributed by atoms with van der Waals surface area (Å²) in [5.74, 6) is 0.239. The number of amides is 1. The monoisotopic (exact) mass is 378 g/mol. The Labute approximate surface area is 163 Å². The zero-order valence-electron chi connectivity index (χ0n) is 15.8. The minimum Gasteiger partial charge on any atom is -0.467 e. The predicted octanol–water partition coefficient (Wildman–Crippen LogP) is 3.09. The van der Waals surface area contributed by atoms with Gasteiger partial charge in [0.25, 0.3) is 0 Å². The molecule has 1 aromatic heterocycles. The first-order valence-corrected chi connectivity index (χ1v) is 8.99. The molecule has 1 N–H and O–H groups in total. The molecule has 0 saturated carbocycles. The lowest BCUT2D eigenvalue weighted by Crippen LogP contribution is -2.43. The molecule has 6 heteroatoms. The van der Waals surface area contributed by atoms with E-state index in [0.29, 0.717) is 23.8 Å². The average Bonchev–Trinajstić information content (AvgIpc) is 3.08. The molecule has 3 aromatic rings. The molecule has 0 aliphatic rings. The Bertz CT molecular complexity index is 936. The van der Waals surface area contributed by atoms with Crippen molar-refractivity contribution in [1.82, 2.24) is 10.3 Å². The summed E-state index contributed by atoms with van der Waals surface area (Å²) in [5, 5.41) is 2.75. The van der Waals surface area contributed by atoms with E-state index in [1.807, 2.05) is 60.7 Å². The molecule has 1 amide bonds. The second-order valence-corrected chi connectivity index (χ2v) is 6.40. The maximum atomic E-state index is 12.5. The molecule has 0 aliphatic carbocycles. The number of carbonyl (C=O) groups is 2. The maximum absolute atomic E-state index is 12.5. The van der Waals surface area contributed by atoms with E-state index in [2.05, 4.69) is 10.3 Å². The molecule has 144 valence electrons. The maximum Gasteiger partial charge on any atom is 0.328 e. The molecule has 0 bridgehead atoms. The fourth-order valence-electron chi connectivity index (χ4n) is 2.88. The smallest absolute Gasteiger partial charge is 0.328 e. The van der Waals surface area contributed by atoms with Gasteiger partial charge in [-0.15, -0.1) is 0 Å². The minimum absolute atomic E-state index is 0.0183. The Kier molecular flexibility index (Phi) is 6.22. The lowest BCUT2D eigenvalue weighted by atomic mass is 10.1. The van der Waals surface area contributed by atoms with Gasteiger partial charge in [-0.1, -0.05) is 48.5 Å². The van der Waals surface area contributed by atoms with Crippen molar-refractivity contribution >= 4 is 11.9 Å². The van der Waals surface area contributed by atoms with E-state index in [-0.39, 0.29) is 12.3 Å². The number of oxazole rings is 1. The highest BCUT2D eigenvalue weighted by molar-refractivity contribution is 5.85. The third-order valence-electron chi connectivity index (χ3n) is 4.34. The molecule has 0 aliphatic heterocycles. The number of methoxy groups -OCH3 is 1. The average molecular weight is 378 g/mol. The summed E-state index contributed by atoms with van der Waals surface area (Å²) >= 11 is 0. The van der Waals surface area contributed by atoms with E-state index in [1.54, 1.807) is 6.92 Å². The van der Waals surface area contributed by atoms with Crippen LogP contribution in [0.1, 0.15) is 17.0 Å².